The number of Topliss-reactive ketones (excluding diaryl/α,β-unsaturated/α-hetero) is 1. The van der Waals surface area contributed by atoms with Gasteiger partial charge in [0, 0.05) is 16.9 Å². The Morgan fingerprint density at radius 1 is 1.09 bits per heavy atom. The molecule has 4 heteroatoms. The lowest BCUT2D eigenvalue weighted by atomic mass is 9.75. The normalized spacial score (nSPS) is 19.1. The van der Waals surface area contributed by atoms with Crippen molar-refractivity contribution in [3.63, 3.8) is 0 Å². The van der Waals surface area contributed by atoms with Crippen molar-refractivity contribution in [3.05, 3.63) is 63.1 Å². The molecule has 0 radical (unpaired) electrons. The molecule has 0 saturated heterocycles. The van der Waals surface area contributed by atoms with Gasteiger partial charge in [0.2, 0.25) is 0 Å². The van der Waals surface area contributed by atoms with E-state index >= 15 is 0 Å². The summed E-state index contributed by atoms with van der Waals surface area (Å²) in [5, 5.41) is 0.577. The first-order chi connectivity index (χ1) is 10.4. The molecule has 22 heavy (non-hydrogen) atoms. The molecule has 2 nitrogen and oxygen atoms in total. The predicted molar refractivity (Wildman–Crippen MR) is 89.4 cm³/mol. The van der Waals surface area contributed by atoms with Crippen LogP contribution in [0.2, 0.25) is 10.0 Å². The Hall–Kier alpha value is -1.51. The van der Waals surface area contributed by atoms with Crippen molar-refractivity contribution < 1.29 is 9.53 Å². The molecule has 2 aromatic carbocycles. The van der Waals surface area contributed by atoms with E-state index in [2.05, 4.69) is 0 Å². The number of halogens is 2. The number of methoxy groups -OCH3 is 1. The van der Waals surface area contributed by atoms with Crippen LogP contribution in [0, 0.1) is 5.41 Å². The maximum Gasteiger partial charge on any atom is 0.171 e. The number of carbonyl (C=O) groups excluding carboxylic acids is 1. The summed E-state index contributed by atoms with van der Waals surface area (Å²) in [6, 6.07) is 11.8. The summed E-state index contributed by atoms with van der Waals surface area (Å²) in [5.41, 5.74) is 1.90. The van der Waals surface area contributed by atoms with Crippen LogP contribution in [0.4, 0.5) is 0 Å². The van der Waals surface area contributed by atoms with E-state index in [0.717, 1.165) is 11.1 Å². The number of fused-ring (bicyclic) bond motifs is 1. The van der Waals surface area contributed by atoms with Gasteiger partial charge in [0.25, 0.3) is 0 Å². The molecule has 3 rings (SSSR count). The van der Waals surface area contributed by atoms with Crippen LogP contribution in [-0.4, -0.2) is 12.9 Å². The van der Waals surface area contributed by atoms with E-state index in [1.54, 1.807) is 7.11 Å². The van der Waals surface area contributed by atoms with Gasteiger partial charge in [-0.15, -0.1) is 0 Å². The molecule has 0 fully saturated rings. The van der Waals surface area contributed by atoms with Crippen molar-refractivity contribution in [1.29, 1.82) is 0 Å². The molecule has 0 aliphatic heterocycles. The highest BCUT2D eigenvalue weighted by molar-refractivity contribution is 6.45. The molecular weight excluding hydrogens is 319 g/mol. The Morgan fingerprint density at radius 3 is 2.32 bits per heavy atom. The van der Waals surface area contributed by atoms with Crippen molar-refractivity contribution in [2.45, 2.75) is 19.8 Å². The minimum absolute atomic E-state index is 0.0194. The van der Waals surface area contributed by atoms with Crippen LogP contribution in [0.3, 0.4) is 0 Å². The molecule has 0 amide bonds. The van der Waals surface area contributed by atoms with Gasteiger partial charge in [0.1, 0.15) is 10.8 Å². The number of carbonyl (C=O) groups is 1. The molecule has 2 aromatic rings. The number of ether oxygens (including phenoxy) is 1. The molecule has 0 heterocycles. The number of ketones is 1. The van der Waals surface area contributed by atoms with E-state index < -0.39 is 5.41 Å². The fourth-order valence-electron chi connectivity index (χ4n) is 3.31. The van der Waals surface area contributed by atoms with Crippen molar-refractivity contribution in [2.24, 2.45) is 5.41 Å². The second kappa shape index (κ2) is 5.29. The van der Waals surface area contributed by atoms with Crippen LogP contribution >= 0.6 is 23.2 Å². The van der Waals surface area contributed by atoms with Crippen LogP contribution in [0.15, 0.2) is 36.4 Å². The van der Waals surface area contributed by atoms with Crippen LogP contribution < -0.4 is 4.74 Å². The van der Waals surface area contributed by atoms with Gasteiger partial charge in [0.05, 0.1) is 12.1 Å². The monoisotopic (exact) mass is 334 g/mol. The highest BCUT2D eigenvalue weighted by atomic mass is 35.5. The van der Waals surface area contributed by atoms with Gasteiger partial charge in [-0.3, -0.25) is 4.79 Å². The molecule has 0 aromatic heterocycles. The number of hydrogen-bond acceptors (Lipinski definition) is 2. The van der Waals surface area contributed by atoms with E-state index in [4.69, 9.17) is 27.9 Å². The van der Waals surface area contributed by atoms with E-state index in [1.807, 2.05) is 50.2 Å². The average Bonchev–Trinajstić information content (AvgIpc) is 2.70. The third-order valence-electron chi connectivity index (χ3n) is 4.40. The van der Waals surface area contributed by atoms with Gasteiger partial charge in [-0.1, -0.05) is 67.4 Å². The standard InChI is InChI=1S/C18H16Cl2O2/c1-18(2)14(10-7-5-4-6-8-10)11-9-12(22-3)15(19)16(20)13(11)17(18)21/h4-9,14H,1-3H3/t14-/m0/s1. The fraction of sp³-hybridized carbons (Fsp3) is 0.278. The summed E-state index contributed by atoms with van der Waals surface area (Å²) < 4.78 is 5.31. The molecule has 1 aliphatic rings. The maximum absolute atomic E-state index is 12.9. The SMILES string of the molecule is COc1cc2c(c(Cl)c1Cl)C(=O)C(C)(C)[C@H]2c1ccccc1. The predicted octanol–water partition coefficient (Wildman–Crippen LogP) is 5.36. The van der Waals surface area contributed by atoms with Gasteiger partial charge < -0.3 is 4.74 Å². The zero-order valence-corrected chi connectivity index (χ0v) is 14.1. The Kier molecular flexibility index (Phi) is 3.70. The number of hydrogen-bond donors (Lipinski definition) is 0. The van der Waals surface area contributed by atoms with Gasteiger partial charge >= 0.3 is 0 Å². The summed E-state index contributed by atoms with van der Waals surface area (Å²) >= 11 is 12.6. The largest absolute Gasteiger partial charge is 0.495 e. The molecular formula is C18H16Cl2O2. The van der Waals surface area contributed by atoms with Crippen LogP contribution in [0.5, 0.6) is 5.75 Å². The summed E-state index contributed by atoms with van der Waals surface area (Å²) in [4.78, 5) is 12.9. The molecule has 0 spiro atoms. The van der Waals surface area contributed by atoms with Crippen molar-refractivity contribution in [2.75, 3.05) is 7.11 Å². The van der Waals surface area contributed by atoms with Gasteiger partial charge in [-0.2, -0.15) is 0 Å². The first kappa shape index (κ1) is 15.4. The molecule has 1 atom stereocenters. The lowest BCUT2D eigenvalue weighted by molar-refractivity contribution is 0.0847. The smallest absolute Gasteiger partial charge is 0.171 e. The minimum atomic E-state index is -0.580. The van der Waals surface area contributed by atoms with E-state index in [-0.39, 0.29) is 16.7 Å². The minimum Gasteiger partial charge on any atom is -0.495 e. The molecule has 0 bridgehead atoms. The number of rotatable bonds is 2. The van der Waals surface area contributed by atoms with Gasteiger partial charge in [-0.05, 0) is 17.2 Å². The average molecular weight is 335 g/mol. The topological polar surface area (TPSA) is 26.3 Å². The summed E-state index contributed by atoms with van der Waals surface area (Å²) in [6.07, 6.45) is 0. The lowest BCUT2D eigenvalue weighted by Gasteiger charge is -2.26. The molecule has 0 N–H and O–H groups in total. The van der Waals surface area contributed by atoms with Crippen molar-refractivity contribution >= 4 is 29.0 Å². The lowest BCUT2D eigenvalue weighted by Crippen LogP contribution is -2.24. The van der Waals surface area contributed by atoms with Gasteiger partial charge in [0.15, 0.2) is 5.78 Å². The van der Waals surface area contributed by atoms with Gasteiger partial charge in [-0.25, -0.2) is 0 Å². The maximum atomic E-state index is 12.9. The zero-order valence-electron chi connectivity index (χ0n) is 12.6. The molecule has 0 unspecified atom stereocenters. The Bertz CT molecular complexity index is 751. The zero-order chi connectivity index (χ0) is 16.1. The summed E-state index contributed by atoms with van der Waals surface area (Å²) in [5.74, 6) is 0.447. The molecule has 114 valence electrons. The third kappa shape index (κ3) is 2.05. The Labute approximate surface area is 140 Å². The summed E-state index contributed by atoms with van der Waals surface area (Å²) in [7, 11) is 1.55. The quantitative estimate of drug-likeness (QED) is 0.739. The van der Waals surface area contributed by atoms with Crippen molar-refractivity contribution in [3.8, 4) is 5.75 Å². The fourth-order valence-corrected chi connectivity index (χ4v) is 3.83. The first-order valence-electron chi connectivity index (χ1n) is 7.05. The Morgan fingerprint density at radius 2 is 1.73 bits per heavy atom. The van der Waals surface area contributed by atoms with Crippen molar-refractivity contribution in [1.82, 2.24) is 0 Å². The van der Waals surface area contributed by atoms with E-state index in [9.17, 15) is 4.79 Å². The summed E-state index contributed by atoms with van der Waals surface area (Å²) in [6.45, 7) is 3.90. The van der Waals surface area contributed by atoms with E-state index in [0.29, 0.717) is 16.3 Å². The number of benzene rings is 2. The third-order valence-corrected chi connectivity index (χ3v) is 5.25. The second-order valence-corrected chi connectivity index (χ2v) is 6.82. The Balaban J connectivity index is 2.32. The van der Waals surface area contributed by atoms with E-state index in [1.165, 1.54) is 0 Å². The van der Waals surface area contributed by atoms with Crippen LogP contribution in [0.1, 0.15) is 41.3 Å². The molecule has 0 saturated carbocycles. The second-order valence-electron chi connectivity index (χ2n) is 6.07. The van der Waals surface area contributed by atoms with Crippen LogP contribution in [0.25, 0.3) is 0 Å². The highest BCUT2D eigenvalue weighted by Gasteiger charge is 2.48. The first-order valence-corrected chi connectivity index (χ1v) is 7.80. The van der Waals surface area contributed by atoms with Crippen LogP contribution in [-0.2, 0) is 0 Å². The molecule has 1 aliphatic carbocycles. The highest BCUT2D eigenvalue weighted by Crippen LogP contribution is 2.54.